The van der Waals surface area contributed by atoms with Crippen molar-refractivity contribution in [2.24, 2.45) is 0 Å². The Morgan fingerprint density at radius 3 is 2.28 bits per heavy atom. The van der Waals surface area contributed by atoms with E-state index in [1.54, 1.807) is 14.2 Å². The Kier molecular flexibility index (Phi) is 7.08. The van der Waals surface area contributed by atoms with Gasteiger partial charge in [-0.3, -0.25) is 14.5 Å². The molecular weight excluding hydrogens is 370 g/mol. The van der Waals surface area contributed by atoms with E-state index >= 15 is 0 Å². The van der Waals surface area contributed by atoms with Crippen LogP contribution in [0, 0.1) is 0 Å². The largest absolute Gasteiger partial charge is 0.493 e. The topological polar surface area (TPSA) is 71.1 Å². The van der Waals surface area contributed by atoms with Gasteiger partial charge < -0.3 is 19.7 Å². The Morgan fingerprint density at radius 2 is 1.62 bits per heavy atom. The molecule has 0 aromatic heterocycles. The zero-order valence-electron chi connectivity index (χ0n) is 16.9. The minimum atomic E-state index is -0.0392. The first-order valence-corrected chi connectivity index (χ1v) is 9.65. The lowest BCUT2D eigenvalue weighted by Gasteiger charge is -2.34. The van der Waals surface area contributed by atoms with E-state index in [2.05, 4.69) is 10.2 Å². The van der Waals surface area contributed by atoms with E-state index in [0.717, 1.165) is 5.56 Å². The predicted molar refractivity (Wildman–Crippen MR) is 110 cm³/mol. The second-order valence-electron chi connectivity index (χ2n) is 6.90. The molecule has 0 atom stereocenters. The first kappa shape index (κ1) is 20.7. The number of hydrogen-bond donors (Lipinski definition) is 1. The standard InChI is InChI=1S/C22H27N3O4/c1-28-19-9-8-17(14-20(19)29-2)15-23-21(26)16-24-10-12-25(13-11-24)22(27)18-6-4-3-5-7-18/h3-9,14H,10-13,15-16H2,1-2H3,(H,23,26). The van der Waals surface area contributed by atoms with Gasteiger partial charge >= 0.3 is 0 Å². The van der Waals surface area contributed by atoms with Gasteiger partial charge in [0.05, 0.1) is 20.8 Å². The van der Waals surface area contributed by atoms with Crippen molar-refractivity contribution in [2.45, 2.75) is 6.54 Å². The second kappa shape index (κ2) is 9.93. The smallest absolute Gasteiger partial charge is 0.253 e. The minimum Gasteiger partial charge on any atom is -0.493 e. The molecule has 2 aromatic carbocycles. The first-order chi connectivity index (χ1) is 14.1. The summed E-state index contributed by atoms with van der Waals surface area (Å²) in [6.45, 7) is 3.35. The monoisotopic (exact) mass is 397 g/mol. The van der Waals surface area contributed by atoms with Crippen molar-refractivity contribution in [1.29, 1.82) is 0 Å². The minimum absolute atomic E-state index is 0.0392. The maximum atomic E-state index is 12.5. The summed E-state index contributed by atoms with van der Waals surface area (Å²) in [4.78, 5) is 28.7. The molecule has 0 radical (unpaired) electrons. The summed E-state index contributed by atoms with van der Waals surface area (Å²) in [5, 5.41) is 2.94. The third-order valence-electron chi connectivity index (χ3n) is 4.99. The van der Waals surface area contributed by atoms with E-state index in [0.29, 0.717) is 56.3 Å². The molecular formula is C22H27N3O4. The Balaban J connectivity index is 1.43. The molecule has 0 saturated carbocycles. The van der Waals surface area contributed by atoms with Gasteiger partial charge in [-0.2, -0.15) is 0 Å². The Morgan fingerprint density at radius 1 is 0.931 bits per heavy atom. The number of benzene rings is 2. The molecule has 0 unspecified atom stereocenters. The van der Waals surface area contributed by atoms with E-state index in [4.69, 9.17) is 9.47 Å². The zero-order valence-corrected chi connectivity index (χ0v) is 16.9. The quantitative estimate of drug-likeness (QED) is 0.771. The fraction of sp³-hybridized carbons (Fsp3) is 0.364. The number of piperazine rings is 1. The van der Waals surface area contributed by atoms with Crippen LogP contribution in [0.5, 0.6) is 11.5 Å². The molecule has 1 fully saturated rings. The van der Waals surface area contributed by atoms with Crippen molar-refractivity contribution in [2.75, 3.05) is 46.9 Å². The lowest BCUT2D eigenvalue weighted by atomic mass is 10.2. The van der Waals surface area contributed by atoms with Crippen molar-refractivity contribution < 1.29 is 19.1 Å². The molecule has 1 aliphatic heterocycles. The molecule has 0 aliphatic carbocycles. The summed E-state index contributed by atoms with van der Waals surface area (Å²) in [5.74, 6) is 1.30. The van der Waals surface area contributed by atoms with Crippen molar-refractivity contribution >= 4 is 11.8 Å². The molecule has 7 heteroatoms. The van der Waals surface area contributed by atoms with E-state index in [9.17, 15) is 9.59 Å². The molecule has 29 heavy (non-hydrogen) atoms. The predicted octanol–water partition coefficient (Wildman–Crippen LogP) is 1.78. The van der Waals surface area contributed by atoms with Crippen LogP contribution in [0.3, 0.4) is 0 Å². The van der Waals surface area contributed by atoms with Crippen molar-refractivity contribution in [3.63, 3.8) is 0 Å². The van der Waals surface area contributed by atoms with Crippen LogP contribution < -0.4 is 14.8 Å². The maximum absolute atomic E-state index is 12.5. The van der Waals surface area contributed by atoms with Crippen LogP contribution in [0.4, 0.5) is 0 Å². The van der Waals surface area contributed by atoms with Gasteiger partial charge in [-0.25, -0.2) is 0 Å². The Labute approximate surface area is 171 Å². The molecule has 3 rings (SSSR count). The van der Waals surface area contributed by atoms with Gasteiger partial charge in [0.1, 0.15) is 0 Å². The summed E-state index contributed by atoms with van der Waals surface area (Å²) in [7, 11) is 3.18. The van der Waals surface area contributed by atoms with E-state index < -0.39 is 0 Å². The molecule has 7 nitrogen and oxygen atoms in total. The van der Waals surface area contributed by atoms with Gasteiger partial charge in [0, 0.05) is 38.3 Å². The van der Waals surface area contributed by atoms with Crippen LogP contribution in [0.2, 0.25) is 0 Å². The number of amides is 2. The number of nitrogens with one attached hydrogen (secondary N) is 1. The summed E-state index contributed by atoms with van der Waals surface area (Å²) >= 11 is 0. The molecule has 154 valence electrons. The molecule has 0 bridgehead atoms. The van der Waals surface area contributed by atoms with Crippen LogP contribution in [-0.4, -0.2) is 68.6 Å². The van der Waals surface area contributed by atoms with Gasteiger partial charge in [-0.15, -0.1) is 0 Å². The first-order valence-electron chi connectivity index (χ1n) is 9.65. The van der Waals surface area contributed by atoms with Crippen molar-refractivity contribution in [3.05, 3.63) is 59.7 Å². The highest BCUT2D eigenvalue weighted by Crippen LogP contribution is 2.27. The van der Waals surface area contributed by atoms with E-state index in [-0.39, 0.29) is 11.8 Å². The molecule has 1 saturated heterocycles. The van der Waals surface area contributed by atoms with Gasteiger partial charge in [0.15, 0.2) is 11.5 Å². The highest BCUT2D eigenvalue weighted by atomic mass is 16.5. The molecule has 2 aromatic rings. The third kappa shape index (κ3) is 5.48. The summed E-state index contributed by atoms with van der Waals surface area (Å²) in [6.07, 6.45) is 0. The number of hydrogen-bond acceptors (Lipinski definition) is 5. The number of carbonyl (C=O) groups excluding carboxylic acids is 2. The molecule has 2 amide bonds. The van der Waals surface area contributed by atoms with Crippen LogP contribution in [0.15, 0.2) is 48.5 Å². The average molecular weight is 397 g/mol. The lowest BCUT2D eigenvalue weighted by molar-refractivity contribution is -0.122. The van der Waals surface area contributed by atoms with E-state index in [1.165, 1.54) is 0 Å². The van der Waals surface area contributed by atoms with Crippen LogP contribution in [0.25, 0.3) is 0 Å². The van der Waals surface area contributed by atoms with Gasteiger partial charge in [-0.1, -0.05) is 24.3 Å². The highest BCUT2D eigenvalue weighted by molar-refractivity contribution is 5.94. The average Bonchev–Trinajstić information content (AvgIpc) is 2.78. The fourth-order valence-electron chi connectivity index (χ4n) is 3.32. The Hall–Kier alpha value is -3.06. The summed E-state index contributed by atoms with van der Waals surface area (Å²) in [5.41, 5.74) is 1.64. The fourth-order valence-corrected chi connectivity index (χ4v) is 3.32. The number of carbonyl (C=O) groups is 2. The normalized spacial score (nSPS) is 14.3. The number of nitrogens with zero attached hydrogens (tertiary/aromatic N) is 2. The zero-order chi connectivity index (χ0) is 20.6. The van der Waals surface area contributed by atoms with E-state index in [1.807, 2.05) is 53.4 Å². The van der Waals surface area contributed by atoms with Gasteiger partial charge in [0.25, 0.3) is 5.91 Å². The van der Waals surface area contributed by atoms with Crippen LogP contribution in [0.1, 0.15) is 15.9 Å². The lowest BCUT2D eigenvalue weighted by Crippen LogP contribution is -2.51. The number of rotatable bonds is 7. The molecule has 0 spiro atoms. The van der Waals surface area contributed by atoms with Crippen LogP contribution >= 0.6 is 0 Å². The highest BCUT2D eigenvalue weighted by Gasteiger charge is 2.23. The maximum Gasteiger partial charge on any atom is 0.253 e. The number of ether oxygens (including phenoxy) is 2. The van der Waals surface area contributed by atoms with Gasteiger partial charge in [0.2, 0.25) is 5.91 Å². The van der Waals surface area contributed by atoms with Gasteiger partial charge in [-0.05, 0) is 29.8 Å². The molecule has 1 N–H and O–H groups in total. The summed E-state index contributed by atoms with van der Waals surface area (Å²) in [6, 6.07) is 14.9. The molecule has 1 heterocycles. The molecule has 1 aliphatic rings. The number of methoxy groups -OCH3 is 2. The van der Waals surface area contributed by atoms with Crippen molar-refractivity contribution in [3.8, 4) is 11.5 Å². The summed E-state index contributed by atoms with van der Waals surface area (Å²) < 4.78 is 10.5. The van der Waals surface area contributed by atoms with Crippen LogP contribution in [-0.2, 0) is 11.3 Å². The SMILES string of the molecule is COc1ccc(CNC(=O)CN2CCN(C(=O)c3ccccc3)CC2)cc1OC. The van der Waals surface area contributed by atoms with Crippen molar-refractivity contribution in [1.82, 2.24) is 15.1 Å². The Bertz CT molecular complexity index is 833. The second-order valence-corrected chi connectivity index (χ2v) is 6.90. The third-order valence-corrected chi connectivity index (χ3v) is 4.99.